The van der Waals surface area contributed by atoms with Crippen LogP contribution in [0.25, 0.3) is 5.69 Å². The predicted octanol–water partition coefficient (Wildman–Crippen LogP) is 2.24. The first-order valence-corrected chi connectivity index (χ1v) is 8.52. The van der Waals surface area contributed by atoms with Crippen molar-refractivity contribution in [2.24, 2.45) is 0 Å². The molecule has 116 valence electrons. The van der Waals surface area contributed by atoms with E-state index in [1.807, 2.05) is 35.2 Å². The molecule has 2 N–H and O–H groups in total. The molecule has 0 aliphatic heterocycles. The van der Waals surface area contributed by atoms with Crippen LogP contribution in [0.4, 0.5) is 0 Å². The lowest BCUT2D eigenvalue weighted by atomic mass is 9.80. The van der Waals surface area contributed by atoms with Crippen LogP contribution >= 0.6 is 11.8 Å². The summed E-state index contributed by atoms with van der Waals surface area (Å²) in [4.78, 5) is 16.5. The molecule has 22 heavy (non-hydrogen) atoms. The molecule has 1 aromatic heterocycles. The molecule has 0 atom stereocenters. The Morgan fingerprint density at radius 1 is 1.50 bits per heavy atom. The molecule has 1 saturated carbocycles. The highest BCUT2D eigenvalue weighted by molar-refractivity contribution is 7.98. The van der Waals surface area contributed by atoms with Gasteiger partial charge < -0.3 is 10.4 Å². The number of nitrogens with one attached hydrogen (secondary N) is 1. The van der Waals surface area contributed by atoms with E-state index in [-0.39, 0.29) is 5.91 Å². The third-order valence-corrected chi connectivity index (χ3v) is 4.71. The van der Waals surface area contributed by atoms with Gasteiger partial charge in [-0.2, -0.15) is 0 Å². The fourth-order valence-electron chi connectivity index (χ4n) is 2.54. The Hall–Kier alpha value is -1.79. The molecule has 0 spiro atoms. The van der Waals surface area contributed by atoms with Crippen molar-refractivity contribution in [2.75, 3.05) is 12.8 Å². The monoisotopic (exact) mass is 317 g/mol. The van der Waals surface area contributed by atoms with E-state index in [1.165, 1.54) is 0 Å². The number of carbonyl (C=O) groups is 1. The van der Waals surface area contributed by atoms with Crippen molar-refractivity contribution >= 4 is 17.7 Å². The zero-order valence-electron chi connectivity index (χ0n) is 12.5. The average molecular weight is 317 g/mol. The Morgan fingerprint density at radius 2 is 2.32 bits per heavy atom. The second-order valence-corrected chi connectivity index (χ2v) is 6.37. The predicted molar refractivity (Wildman–Crippen MR) is 86.5 cm³/mol. The summed E-state index contributed by atoms with van der Waals surface area (Å²) in [5.74, 6) is -0.159. The van der Waals surface area contributed by atoms with Crippen molar-refractivity contribution in [3.63, 3.8) is 0 Å². The van der Waals surface area contributed by atoms with Gasteiger partial charge in [0.2, 0.25) is 0 Å². The van der Waals surface area contributed by atoms with Crippen molar-refractivity contribution in [3.8, 4) is 5.69 Å². The van der Waals surface area contributed by atoms with Gasteiger partial charge in [-0.1, -0.05) is 17.8 Å². The van der Waals surface area contributed by atoms with E-state index in [1.54, 1.807) is 24.0 Å². The maximum absolute atomic E-state index is 12.3. The second-order valence-electron chi connectivity index (χ2n) is 5.59. The zero-order chi connectivity index (χ0) is 15.6. The minimum atomic E-state index is -0.705. The van der Waals surface area contributed by atoms with Crippen LogP contribution in [0.2, 0.25) is 0 Å². The van der Waals surface area contributed by atoms with E-state index in [4.69, 9.17) is 0 Å². The largest absolute Gasteiger partial charge is 0.388 e. The summed E-state index contributed by atoms with van der Waals surface area (Å²) in [6, 6.07) is 7.41. The molecule has 0 unspecified atom stereocenters. The van der Waals surface area contributed by atoms with Crippen LogP contribution in [0.15, 0.2) is 41.8 Å². The van der Waals surface area contributed by atoms with E-state index >= 15 is 0 Å². The van der Waals surface area contributed by atoms with E-state index in [0.29, 0.717) is 12.1 Å². The maximum Gasteiger partial charge on any atom is 0.251 e. The van der Waals surface area contributed by atoms with E-state index in [2.05, 4.69) is 10.3 Å². The molecule has 5 nitrogen and oxygen atoms in total. The quantitative estimate of drug-likeness (QED) is 0.830. The van der Waals surface area contributed by atoms with Gasteiger partial charge in [0.15, 0.2) is 5.16 Å². The SMILES string of the molecule is CSc1nccn1-c1cccc(C(=O)NCC2(O)CCC2)c1. The van der Waals surface area contributed by atoms with Crippen LogP contribution in [0, 0.1) is 0 Å². The number of carbonyl (C=O) groups excluding carboxylic acids is 1. The Kier molecular flexibility index (Phi) is 4.22. The van der Waals surface area contributed by atoms with Crippen LogP contribution in [-0.4, -0.2) is 39.0 Å². The molecule has 1 aliphatic carbocycles. The summed E-state index contributed by atoms with van der Waals surface area (Å²) >= 11 is 1.55. The Bertz CT molecular complexity index is 680. The summed E-state index contributed by atoms with van der Waals surface area (Å²) in [5, 5.41) is 13.7. The van der Waals surface area contributed by atoms with Crippen molar-refractivity contribution in [1.82, 2.24) is 14.9 Å². The summed E-state index contributed by atoms with van der Waals surface area (Å²) in [6.07, 6.45) is 8.14. The molecule has 6 heteroatoms. The van der Waals surface area contributed by atoms with Gasteiger partial charge in [0.25, 0.3) is 5.91 Å². The molecule has 1 heterocycles. The third-order valence-electron chi connectivity index (χ3n) is 4.04. The fourth-order valence-corrected chi connectivity index (χ4v) is 3.07. The summed E-state index contributed by atoms with van der Waals surface area (Å²) in [5.41, 5.74) is 0.780. The van der Waals surface area contributed by atoms with Crippen molar-refractivity contribution < 1.29 is 9.90 Å². The van der Waals surface area contributed by atoms with Crippen LogP contribution in [0.1, 0.15) is 29.6 Å². The van der Waals surface area contributed by atoms with Gasteiger partial charge in [0.05, 0.1) is 5.60 Å². The summed E-state index contributed by atoms with van der Waals surface area (Å²) < 4.78 is 1.95. The van der Waals surface area contributed by atoms with Gasteiger partial charge in [0.1, 0.15) is 0 Å². The van der Waals surface area contributed by atoms with Gasteiger partial charge >= 0.3 is 0 Å². The number of hydrogen-bond acceptors (Lipinski definition) is 4. The number of benzene rings is 1. The van der Waals surface area contributed by atoms with Crippen LogP contribution in [-0.2, 0) is 0 Å². The molecule has 2 aromatic rings. The zero-order valence-corrected chi connectivity index (χ0v) is 13.3. The molecule has 0 saturated heterocycles. The molecule has 1 aromatic carbocycles. The number of nitrogens with zero attached hydrogens (tertiary/aromatic N) is 2. The van der Waals surface area contributed by atoms with Crippen LogP contribution < -0.4 is 5.32 Å². The van der Waals surface area contributed by atoms with Crippen molar-refractivity contribution in [1.29, 1.82) is 0 Å². The molecular weight excluding hydrogens is 298 g/mol. The minimum Gasteiger partial charge on any atom is -0.388 e. The number of thioether (sulfide) groups is 1. The Morgan fingerprint density at radius 3 is 3.00 bits per heavy atom. The van der Waals surface area contributed by atoms with Crippen LogP contribution in [0.5, 0.6) is 0 Å². The minimum absolute atomic E-state index is 0.159. The first kappa shape index (κ1) is 15.1. The third kappa shape index (κ3) is 3.03. The van der Waals surface area contributed by atoms with Gasteiger partial charge in [-0.3, -0.25) is 9.36 Å². The second kappa shape index (κ2) is 6.14. The standard InChI is InChI=1S/C16H19N3O2S/c1-22-15-17-8-9-19(15)13-5-2-4-12(10-13)14(20)18-11-16(21)6-3-7-16/h2,4-5,8-10,21H,3,6-7,11H2,1H3,(H,18,20). The maximum atomic E-state index is 12.3. The normalized spacial score (nSPS) is 16.1. The number of aromatic nitrogens is 2. The highest BCUT2D eigenvalue weighted by Gasteiger charge is 2.34. The van der Waals surface area contributed by atoms with Gasteiger partial charge in [-0.15, -0.1) is 0 Å². The first-order chi connectivity index (χ1) is 10.6. The number of hydrogen-bond donors (Lipinski definition) is 2. The van der Waals surface area contributed by atoms with Gasteiger partial charge in [-0.05, 0) is 43.7 Å². The van der Waals surface area contributed by atoms with Crippen LogP contribution in [0.3, 0.4) is 0 Å². The Labute approximate surface area is 133 Å². The fraction of sp³-hybridized carbons (Fsp3) is 0.375. The number of imidazole rings is 1. The number of aliphatic hydroxyl groups is 1. The van der Waals surface area contributed by atoms with Gasteiger partial charge in [-0.25, -0.2) is 4.98 Å². The topological polar surface area (TPSA) is 67.2 Å². The van der Waals surface area contributed by atoms with E-state index in [9.17, 15) is 9.90 Å². The number of rotatable bonds is 5. The average Bonchev–Trinajstić information content (AvgIpc) is 2.99. The lowest BCUT2D eigenvalue weighted by Crippen LogP contribution is -2.47. The lowest BCUT2D eigenvalue weighted by molar-refractivity contribution is -0.0300. The summed E-state index contributed by atoms with van der Waals surface area (Å²) in [6.45, 7) is 0.317. The molecule has 0 radical (unpaired) electrons. The van der Waals surface area contributed by atoms with Crippen molar-refractivity contribution in [2.45, 2.75) is 30.0 Å². The molecule has 1 fully saturated rings. The highest BCUT2D eigenvalue weighted by Crippen LogP contribution is 2.30. The van der Waals surface area contributed by atoms with E-state index < -0.39 is 5.60 Å². The highest BCUT2D eigenvalue weighted by atomic mass is 32.2. The number of amides is 1. The first-order valence-electron chi connectivity index (χ1n) is 7.30. The summed E-state index contributed by atoms with van der Waals surface area (Å²) in [7, 11) is 0. The van der Waals surface area contributed by atoms with Gasteiger partial charge in [0, 0.05) is 30.2 Å². The lowest BCUT2D eigenvalue weighted by Gasteiger charge is -2.36. The molecule has 1 amide bonds. The molecule has 1 aliphatic rings. The molecular formula is C16H19N3O2S. The smallest absolute Gasteiger partial charge is 0.251 e. The molecule has 0 bridgehead atoms. The molecule has 3 rings (SSSR count). The Balaban J connectivity index is 1.74. The van der Waals surface area contributed by atoms with E-state index in [0.717, 1.165) is 30.1 Å². The van der Waals surface area contributed by atoms with Crippen molar-refractivity contribution in [3.05, 3.63) is 42.2 Å².